The van der Waals surface area contributed by atoms with Gasteiger partial charge in [0.2, 0.25) is 5.91 Å². The van der Waals surface area contributed by atoms with Gasteiger partial charge in [0.25, 0.3) is 0 Å². The van der Waals surface area contributed by atoms with E-state index in [9.17, 15) is 4.79 Å². The summed E-state index contributed by atoms with van der Waals surface area (Å²) < 4.78 is 0. The maximum atomic E-state index is 12.1. The highest BCUT2D eigenvalue weighted by Gasteiger charge is 2.13. The topological polar surface area (TPSA) is 32.3 Å². The summed E-state index contributed by atoms with van der Waals surface area (Å²) in [7, 11) is 0. The van der Waals surface area contributed by atoms with Crippen molar-refractivity contribution < 1.29 is 4.79 Å². The summed E-state index contributed by atoms with van der Waals surface area (Å²) in [6, 6.07) is 8.59. The van der Waals surface area contributed by atoms with Crippen molar-refractivity contribution in [1.29, 1.82) is 0 Å². The highest BCUT2D eigenvalue weighted by molar-refractivity contribution is 5.78. The minimum atomic E-state index is 0.114. The van der Waals surface area contributed by atoms with Crippen LogP contribution in [0.25, 0.3) is 0 Å². The quantitative estimate of drug-likeness (QED) is 0.706. The first-order chi connectivity index (χ1) is 10.0. The van der Waals surface area contributed by atoms with Gasteiger partial charge in [-0.15, -0.1) is 0 Å². The molecule has 0 bridgehead atoms. The zero-order chi connectivity index (χ0) is 15.7. The molecule has 0 radical (unpaired) electrons. The van der Waals surface area contributed by atoms with Gasteiger partial charge in [-0.2, -0.15) is 0 Å². The Morgan fingerprint density at radius 1 is 1.24 bits per heavy atom. The van der Waals surface area contributed by atoms with E-state index in [0.29, 0.717) is 19.1 Å². The van der Waals surface area contributed by atoms with Crippen LogP contribution in [0, 0.1) is 6.92 Å². The van der Waals surface area contributed by atoms with Gasteiger partial charge in [-0.05, 0) is 44.9 Å². The van der Waals surface area contributed by atoms with E-state index in [1.807, 2.05) is 12.1 Å². The van der Waals surface area contributed by atoms with Crippen molar-refractivity contribution >= 4 is 5.91 Å². The van der Waals surface area contributed by atoms with Crippen LogP contribution in [0.15, 0.2) is 24.3 Å². The lowest BCUT2D eigenvalue weighted by Crippen LogP contribution is -2.41. The summed E-state index contributed by atoms with van der Waals surface area (Å²) >= 11 is 0. The van der Waals surface area contributed by atoms with Crippen LogP contribution < -0.4 is 5.32 Å². The highest BCUT2D eigenvalue weighted by atomic mass is 16.2. The number of unbranched alkanes of at least 4 members (excludes halogenated alkanes) is 2. The van der Waals surface area contributed by atoms with Gasteiger partial charge < -0.3 is 5.32 Å². The Morgan fingerprint density at radius 2 is 1.95 bits per heavy atom. The number of rotatable bonds is 9. The fourth-order valence-corrected chi connectivity index (χ4v) is 2.33. The van der Waals surface area contributed by atoms with Crippen LogP contribution in [0.1, 0.15) is 51.2 Å². The van der Waals surface area contributed by atoms with E-state index in [0.717, 1.165) is 6.54 Å². The van der Waals surface area contributed by atoms with E-state index in [4.69, 9.17) is 0 Å². The lowest BCUT2D eigenvalue weighted by atomic mass is 10.1. The normalized spacial score (nSPS) is 11.1. The monoisotopic (exact) mass is 290 g/mol. The van der Waals surface area contributed by atoms with Crippen molar-refractivity contribution in [3.63, 3.8) is 0 Å². The molecular weight excluding hydrogens is 260 g/mol. The van der Waals surface area contributed by atoms with Gasteiger partial charge >= 0.3 is 0 Å². The summed E-state index contributed by atoms with van der Waals surface area (Å²) in [6.07, 6.45) is 3.61. The van der Waals surface area contributed by atoms with Gasteiger partial charge in [0.05, 0.1) is 6.54 Å². The third-order valence-corrected chi connectivity index (χ3v) is 3.86. The Labute approximate surface area is 129 Å². The second kappa shape index (κ2) is 9.56. The van der Waals surface area contributed by atoms with Crippen LogP contribution in [0.4, 0.5) is 0 Å². The Hall–Kier alpha value is -1.35. The minimum absolute atomic E-state index is 0.114. The summed E-state index contributed by atoms with van der Waals surface area (Å²) in [5.41, 5.74) is 2.41. The molecule has 1 amide bonds. The summed E-state index contributed by atoms with van der Waals surface area (Å²) in [6.45, 7) is 10.7. The molecule has 0 atom stereocenters. The van der Waals surface area contributed by atoms with E-state index in [2.05, 4.69) is 50.0 Å². The van der Waals surface area contributed by atoms with Crippen LogP contribution in [-0.4, -0.2) is 29.9 Å². The lowest BCUT2D eigenvalue weighted by molar-refractivity contribution is -0.122. The number of carbonyl (C=O) groups excluding carboxylic acids is 1. The second-order valence-electron chi connectivity index (χ2n) is 5.97. The van der Waals surface area contributed by atoms with Gasteiger partial charge in [0, 0.05) is 12.6 Å². The van der Waals surface area contributed by atoms with E-state index in [-0.39, 0.29) is 5.91 Å². The maximum absolute atomic E-state index is 12.1. The van der Waals surface area contributed by atoms with Crippen molar-refractivity contribution in [2.45, 2.75) is 59.5 Å². The van der Waals surface area contributed by atoms with Crippen LogP contribution in [-0.2, 0) is 11.3 Å². The van der Waals surface area contributed by atoms with Crippen LogP contribution in [0.5, 0.6) is 0 Å². The molecule has 0 aliphatic carbocycles. The number of carbonyl (C=O) groups is 1. The number of nitrogens with zero attached hydrogens (tertiary/aromatic N) is 1. The van der Waals surface area contributed by atoms with Gasteiger partial charge in [-0.1, -0.05) is 44.0 Å². The standard InChI is InChI=1S/C18H30N2O/c1-5-6-9-12-20(15(2)3)14-18(21)19-13-17-11-8-7-10-16(17)4/h7-8,10-11,15H,5-6,9,12-14H2,1-4H3,(H,19,21). The molecule has 0 aliphatic heterocycles. The largest absolute Gasteiger partial charge is 0.351 e. The number of aryl methyl sites for hydroxylation is 1. The molecule has 3 nitrogen and oxygen atoms in total. The predicted molar refractivity (Wildman–Crippen MR) is 89.3 cm³/mol. The number of nitrogens with one attached hydrogen (secondary N) is 1. The van der Waals surface area contributed by atoms with E-state index < -0.39 is 0 Å². The molecule has 0 unspecified atom stereocenters. The Kier molecular flexibility index (Phi) is 8.06. The average Bonchev–Trinajstić information content (AvgIpc) is 2.45. The first kappa shape index (κ1) is 17.7. The van der Waals surface area contributed by atoms with Crippen molar-refractivity contribution in [3.8, 4) is 0 Å². The molecule has 1 aromatic rings. The molecule has 0 saturated carbocycles. The molecule has 3 heteroatoms. The first-order valence-electron chi connectivity index (χ1n) is 8.09. The molecule has 0 saturated heterocycles. The third kappa shape index (κ3) is 6.76. The molecule has 1 aromatic carbocycles. The molecule has 1 rings (SSSR count). The van der Waals surface area contributed by atoms with Crippen LogP contribution >= 0.6 is 0 Å². The zero-order valence-corrected chi connectivity index (χ0v) is 14.0. The summed E-state index contributed by atoms with van der Waals surface area (Å²) in [5, 5.41) is 3.03. The summed E-state index contributed by atoms with van der Waals surface area (Å²) in [5.74, 6) is 0.114. The van der Waals surface area contributed by atoms with Gasteiger partial charge in [0.15, 0.2) is 0 Å². The van der Waals surface area contributed by atoms with Gasteiger partial charge in [-0.25, -0.2) is 0 Å². The fourth-order valence-electron chi connectivity index (χ4n) is 2.33. The lowest BCUT2D eigenvalue weighted by Gasteiger charge is -2.25. The third-order valence-electron chi connectivity index (χ3n) is 3.86. The van der Waals surface area contributed by atoms with Crippen molar-refractivity contribution in [2.24, 2.45) is 0 Å². The molecule has 0 aliphatic rings. The predicted octanol–water partition coefficient (Wildman–Crippen LogP) is 3.51. The molecule has 21 heavy (non-hydrogen) atoms. The number of benzene rings is 1. The molecule has 0 fully saturated rings. The van der Waals surface area contributed by atoms with E-state index in [1.54, 1.807) is 0 Å². The number of amides is 1. The van der Waals surface area contributed by atoms with Crippen LogP contribution in [0.3, 0.4) is 0 Å². The number of hydrogen-bond acceptors (Lipinski definition) is 2. The van der Waals surface area contributed by atoms with E-state index >= 15 is 0 Å². The summed E-state index contributed by atoms with van der Waals surface area (Å²) in [4.78, 5) is 14.4. The average molecular weight is 290 g/mol. The zero-order valence-electron chi connectivity index (χ0n) is 14.0. The SMILES string of the molecule is CCCCCN(CC(=O)NCc1ccccc1C)C(C)C. The van der Waals surface area contributed by atoms with Gasteiger partial charge in [0.1, 0.15) is 0 Å². The van der Waals surface area contributed by atoms with Crippen molar-refractivity contribution in [2.75, 3.05) is 13.1 Å². The molecule has 0 aromatic heterocycles. The van der Waals surface area contributed by atoms with Crippen molar-refractivity contribution in [1.82, 2.24) is 10.2 Å². The molecule has 0 spiro atoms. The van der Waals surface area contributed by atoms with Gasteiger partial charge in [-0.3, -0.25) is 9.69 Å². The molecule has 0 heterocycles. The Morgan fingerprint density at radius 3 is 2.57 bits per heavy atom. The highest BCUT2D eigenvalue weighted by Crippen LogP contribution is 2.07. The second-order valence-corrected chi connectivity index (χ2v) is 5.97. The first-order valence-corrected chi connectivity index (χ1v) is 8.09. The molecule has 118 valence electrons. The molecule has 1 N–H and O–H groups in total. The fraction of sp³-hybridized carbons (Fsp3) is 0.611. The Balaban J connectivity index is 2.41. The van der Waals surface area contributed by atoms with E-state index in [1.165, 1.54) is 30.4 Å². The van der Waals surface area contributed by atoms with Crippen molar-refractivity contribution in [3.05, 3.63) is 35.4 Å². The van der Waals surface area contributed by atoms with Crippen LogP contribution in [0.2, 0.25) is 0 Å². The Bertz CT molecular complexity index is 429. The number of hydrogen-bond donors (Lipinski definition) is 1. The maximum Gasteiger partial charge on any atom is 0.234 e. The minimum Gasteiger partial charge on any atom is -0.351 e. The molecular formula is C18H30N2O. The smallest absolute Gasteiger partial charge is 0.234 e.